The van der Waals surface area contributed by atoms with E-state index in [1.807, 2.05) is 20.8 Å². The Balaban J connectivity index is 3.10. The number of benzene rings is 1. The topological polar surface area (TPSA) is 32.9 Å². The van der Waals surface area contributed by atoms with E-state index in [9.17, 15) is 4.79 Å². The lowest BCUT2D eigenvalue weighted by atomic mass is 9.97. The highest BCUT2D eigenvalue weighted by Crippen LogP contribution is 2.21. The quantitative estimate of drug-likeness (QED) is 0.719. The minimum absolute atomic E-state index is 0.159. The highest BCUT2D eigenvalue weighted by atomic mass is 16.1. The third kappa shape index (κ3) is 1.37. The molecule has 0 aliphatic rings. The largest absolute Gasteiger partial charge is 0.358 e. The molecule has 0 saturated carbocycles. The van der Waals surface area contributed by atoms with Crippen molar-refractivity contribution < 1.29 is 0 Å². The van der Waals surface area contributed by atoms with Gasteiger partial charge in [0.1, 0.15) is 0 Å². The number of pyridine rings is 1. The average Bonchev–Trinajstić information content (AvgIpc) is 2.23. The zero-order chi connectivity index (χ0) is 12.0. The number of hydrogen-bond donors (Lipinski definition) is 1. The van der Waals surface area contributed by atoms with Gasteiger partial charge < -0.3 is 4.98 Å². The van der Waals surface area contributed by atoms with E-state index in [4.69, 9.17) is 0 Å². The van der Waals surface area contributed by atoms with Crippen molar-refractivity contribution in [2.24, 2.45) is 0 Å². The van der Waals surface area contributed by atoms with Crippen LogP contribution in [0.4, 0.5) is 0 Å². The first-order valence-electron chi connectivity index (χ1n) is 5.53. The van der Waals surface area contributed by atoms with Crippen LogP contribution in [0, 0.1) is 34.6 Å². The molecule has 84 valence electrons. The maximum Gasteiger partial charge on any atom is 0.192 e. The molecule has 0 fully saturated rings. The van der Waals surface area contributed by atoms with Crippen LogP contribution < -0.4 is 5.43 Å². The first-order chi connectivity index (χ1) is 7.43. The molecule has 1 heterocycles. The average molecular weight is 215 g/mol. The van der Waals surface area contributed by atoms with Gasteiger partial charge in [0.2, 0.25) is 0 Å². The molecule has 1 aromatic heterocycles. The van der Waals surface area contributed by atoms with Crippen LogP contribution >= 0.6 is 0 Å². The molecule has 0 saturated heterocycles. The van der Waals surface area contributed by atoms with Crippen LogP contribution in [-0.2, 0) is 0 Å². The molecule has 0 atom stereocenters. The van der Waals surface area contributed by atoms with Crippen molar-refractivity contribution >= 4 is 10.9 Å². The van der Waals surface area contributed by atoms with Gasteiger partial charge in [-0.3, -0.25) is 4.79 Å². The number of H-pyrrole nitrogens is 1. The highest BCUT2D eigenvalue weighted by Gasteiger charge is 2.10. The summed E-state index contributed by atoms with van der Waals surface area (Å²) < 4.78 is 0. The molecule has 0 unspecified atom stereocenters. The van der Waals surface area contributed by atoms with E-state index in [0.717, 1.165) is 27.7 Å². The second-order valence-electron chi connectivity index (χ2n) is 4.57. The Hall–Kier alpha value is -1.57. The lowest BCUT2D eigenvalue weighted by molar-refractivity contribution is 1.16. The predicted molar refractivity (Wildman–Crippen MR) is 68.3 cm³/mol. The van der Waals surface area contributed by atoms with Crippen molar-refractivity contribution in [3.63, 3.8) is 0 Å². The Morgan fingerprint density at radius 3 is 2.19 bits per heavy atom. The molecule has 1 N–H and O–H groups in total. The normalized spacial score (nSPS) is 11.1. The number of nitrogens with one attached hydrogen (secondary N) is 1. The second kappa shape index (κ2) is 3.48. The van der Waals surface area contributed by atoms with E-state index in [1.54, 1.807) is 0 Å². The lowest BCUT2D eigenvalue weighted by Gasteiger charge is -2.11. The van der Waals surface area contributed by atoms with Gasteiger partial charge >= 0.3 is 0 Å². The molecule has 0 aliphatic carbocycles. The van der Waals surface area contributed by atoms with E-state index >= 15 is 0 Å². The van der Waals surface area contributed by atoms with Gasteiger partial charge in [0.15, 0.2) is 5.43 Å². The maximum absolute atomic E-state index is 12.2. The molecule has 1 aromatic carbocycles. The number of aromatic nitrogens is 1. The van der Waals surface area contributed by atoms with E-state index < -0.39 is 0 Å². The van der Waals surface area contributed by atoms with Crippen LogP contribution in [-0.4, -0.2) is 4.98 Å². The fourth-order valence-corrected chi connectivity index (χ4v) is 2.13. The van der Waals surface area contributed by atoms with E-state index in [0.29, 0.717) is 0 Å². The van der Waals surface area contributed by atoms with Crippen molar-refractivity contribution in [2.45, 2.75) is 34.6 Å². The third-order valence-electron chi connectivity index (χ3n) is 3.61. The first-order valence-corrected chi connectivity index (χ1v) is 5.53. The monoisotopic (exact) mass is 215 g/mol. The first kappa shape index (κ1) is 10.9. The van der Waals surface area contributed by atoms with Crippen LogP contribution in [0.15, 0.2) is 10.9 Å². The summed E-state index contributed by atoms with van der Waals surface area (Å²) in [6, 6.07) is 2.06. The molecular weight excluding hydrogens is 198 g/mol. The van der Waals surface area contributed by atoms with Gasteiger partial charge in [-0.1, -0.05) is 0 Å². The summed E-state index contributed by atoms with van der Waals surface area (Å²) in [5, 5.41) is 0.839. The van der Waals surface area contributed by atoms with Crippen LogP contribution in [0.3, 0.4) is 0 Å². The third-order valence-corrected chi connectivity index (χ3v) is 3.61. The SMILES string of the molecule is Cc1cc2[nH]c(C)c(C)c(=O)c2c(C)c1C. The minimum atomic E-state index is 0.159. The molecule has 0 bridgehead atoms. The number of aryl methyl sites for hydroxylation is 3. The standard InChI is InChI=1S/C14H17NO/c1-7-6-12-13(9(3)8(7)2)14(16)10(4)11(5)15-12/h6H,1-5H3,(H,15,16). The van der Waals surface area contributed by atoms with Crippen LogP contribution in [0.5, 0.6) is 0 Å². The summed E-state index contributed by atoms with van der Waals surface area (Å²) in [6.07, 6.45) is 0. The molecule has 0 aliphatic heterocycles. The van der Waals surface area contributed by atoms with Crippen LogP contribution in [0.1, 0.15) is 27.9 Å². The molecular formula is C14H17NO. The molecule has 2 aromatic rings. The van der Waals surface area contributed by atoms with Crippen molar-refractivity contribution in [3.8, 4) is 0 Å². The smallest absolute Gasteiger partial charge is 0.192 e. The molecule has 0 spiro atoms. The Bertz CT molecular complexity index is 630. The Morgan fingerprint density at radius 1 is 0.938 bits per heavy atom. The minimum Gasteiger partial charge on any atom is -0.358 e. The molecule has 0 radical (unpaired) electrons. The van der Waals surface area contributed by atoms with Gasteiger partial charge in [0.05, 0.1) is 5.52 Å². The number of hydrogen-bond acceptors (Lipinski definition) is 1. The van der Waals surface area contributed by atoms with Crippen molar-refractivity contribution in [3.05, 3.63) is 44.2 Å². The van der Waals surface area contributed by atoms with Gasteiger partial charge in [-0.05, 0) is 57.4 Å². The lowest BCUT2D eigenvalue weighted by Crippen LogP contribution is -2.11. The summed E-state index contributed by atoms with van der Waals surface area (Å²) in [6.45, 7) is 9.99. The second-order valence-corrected chi connectivity index (χ2v) is 4.57. The molecule has 2 heteroatoms. The molecule has 2 nitrogen and oxygen atoms in total. The number of rotatable bonds is 0. The summed E-state index contributed by atoms with van der Waals surface area (Å²) in [7, 11) is 0. The fraction of sp³-hybridized carbons (Fsp3) is 0.357. The molecule has 16 heavy (non-hydrogen) atoms. The van der Waals surface area contributed by atoms with Gasteiger partial charge in [0, 0.05) is 16.6 Å². The summed E-state index contributed by atoms with van der Waals surface area (Å²) >= 11 is 0. The van der Waals surface area contributed by atoms with Crippen molar-refractivity contribution in [1.82, 2.24) is 4.98 Å². The fourth-order valence-electron chi connectivity index (χ4n) is 2.13. The van der Waals surface area contributed by atoms with Crippen LogP contribution in [0.25, 0.3) is 10.9 Å². The van der Waals surface area contributed by atoms with Crippen molar-refractivity contribution in [2.75, 3.05) is 0 Å². The molecule has 0 amide bonds. The molecule has 2 rings (SSSR count). The van der Waals surface area contributed by atoms with Crippen LogP contribution in [0.2, 0.25) is 0 Å². The Labute approximate surface area is 95.3 Å². The van der Waals surface area contributed by atoms with Gasteiger partial charge in [-0.15, -0.1) is 0 Å². The Kier molecular flexibility index (Phi) is 2.38. The summed E-state index contributed by atoms with van der Waals surface area (Å²) in [4.78, 5) is 15.5. The number of aromatic amines is 1. The zero-order valence-corrected chi connectivity index (χ0v) is 10.5. The summed E-state index contributed by atoms with van der Waals surface area (Å²) in [5.74, 6) is 0. The van der Waals surface area contributed by atoms with Gasteiger partial charge in [-0.2, -0.15) is 0 Å². The zero-order valence-electron chi connectivity index (χ0n) is 10.5. The maximum atomic E-state index is 12.2. The van der Waals surface area contributed by atoms with E-state index in [-0.39, 0.29) is 5.43 Å². The van der Waals surface area contributed by atoms with Crippen molar-refractivity contribution in [1.29, 1.82) is 0 Å². The van der Waals surface area contributed by atoms with Gasteiger partial charge in [0.25, 0.3) is 0 Å². The Morgan fingerprint density at radius 2 is 1.56 bits per heavy atom. The van der Waals surface area contributed by atoms with E-state index in [2.05, 4.69) is 24.9 Å². The number of fused-ring (bicyclic) bond motifs is 1. The predicted octanol–water partition coefficient (Wildman–Crippen LogP) is 3.07. The highest BCUT2D eigenvalue weighted by molar-refractivity contribution is 5.84. The summed E-state index contributed by atoms with van der Waals surface area (Å²) in [5.41, 5.74) is 6.42. The van der Waals surface area contributed by atoms with Gasteiger partial charge in [-0.25, -0.2) is 0 Å². The van der Waals surface area contributed by atoms with E-state index in [1.165, 1.54) is 11.1 Å².